The molecule has 1 amide bonds. The largest absolute Gasteiger partial charge is 0.473 e. The van der Waals surface area contributed by atoms with Gasteiger partial charge in [-0.25, -0.2) is 4.98 Å². The van der Waals surface area contributed by atoms with Crippen molar-refractivity contribution in [3.63, 3.8) is 0 Å². The Morgan fingerprint density at radius 2 is 2.05 bits per heavy atom. The average molecular weight is 307 g/mol. The molecule has 2 rings (SSSR count). The zero-order valence-electron chi connectivity index (χ0n) is 12.7. The first-order valence-corrected chi connectivity index (χ1v) is 7.55. The van der Waals surface area contributed by atoms with Crippen LogP contribution in [-0.4, -0.2) is 52.5 Å². The molecule has 0 atom stereocenters. The Kier molecular flexibility index (Phi) is 6.12. The Bertz CT molecular complexity index is 487. The van der Waals surface area contributed by atoms with Crippen LogP contribution < -0.4 is 4.74 Å². The molecular formula is C15H21N3O4. The molecule has 7 heteroatoms. The van der Waals surface area contributed by atoms with Crippen molar-refractivity contribution < 1.29 is 19.1 Å². The first-order chi connectivity index (χ1) is 10.7. The molecular weight excluding hydrogens is 286 g/mol. The van der Waals surface area contributed by atoms with Gasteiger partial charge in [-0.1, -0.05) is 0 Å². The van der Waals surface area contributed by atoms with Crippen LogP contribution in [0, 0.1) is 0 Å². The van der Waals surface area contributed by atoms with Crippen LogP contribution in [0.3, 0.4) is 0 Å². The van der Waals surface area contributed by atoms with E-state index in [9.17, 15) is 9.59 Å². The third-order valence-corrected chi connectivity index (χ3v) is 3.47. The van der Waals surface area contributed by atoms with E-state index in [2.05, 4.69) is 9.97 Å². The normalized spacial score (nSPS) is 15.4. The first kappa shape index (κ1) is 16.2. The predicted molar refractivity (Wildman–Crippen MR) is 78.1 cm³/mol. The van der Waals surface area contributed by atoms with Gasteiger partial charge in [0.25, 0.3) is 0 Å². The maximum absolute atomic E-state index is 12.0. The summed E-state index contributed by atoms with van der Waals surface area (Å²) in [5.41, 5.74) is 0. The number of nitrogens with zero attached hydrogens (tertiary/aromatic N) is 3. The number of carbonyl (C=O) groups is 2. The van der Waals surface area contributed by atoms with Gasteiger partial charge in [0, 0.05) is 44.7 Å². The van der Waals surface area contributed by atoms with Crippen molar-refractivity contribution in [3.05, 3.63) is 18.6 Å². The molecule has 0 spiro atoms. The number of esters is 1. The number of piperidine rings is 1. The maximum Gasteiger partial charge on any atom is 0.306 e. The van der Waals surface area contributed by atoms with E-state index in [0.717, 1.165) is 12.8 Å². The minimum atomic E-state index is -0.322. The van der Waals surface area contributed by atoms with Gasteiger partial charge in [-0.3, -0.25) is 14.6 Å². The molecule has 0 aliphatic carbocycles. The van der Waals surface area contributed by atoms with Gasteiger partial charge in [0.2, 0.25) is 11.8 Å². The van der Waals surface area contributed by atoms with Crippen molar-refractivity contribution in [1.82, 2.24) is 14.9 Å². The smallest absolute Gasteiger partial charge is 0.306 e. The zero-order valence-corrected chi connectivity index (χ0v) is 12.7. The summed E-state index contributed by atoms with van der Waals surface area (Å²) in [6.07, 6.45) is 6.66. The molecule has 1 fully saturated rings. The number of likely N-dealkylation sites (tertiary alicyclic amines) is 1. The van der Waals surface area contributed by atoms with Crippen LogP contribution in [-0.2, 0) is 14.3 Å². The summed E-state index contributed by atoms with van der Waals surface area (Å²) in [4.78, 5) is 33.1. The van der Waals surface area contributed by atoms with E-state index >= 15 is 0 Å². The van der Waals surface area contributed by atoms with E-state index in [1.165, 1.54) is 0 Å². The lowest BCUT2D eigenvalue weighted by Crippen LogP contribution is -2.42. The lowest BCUT2D eigenvalue weighted by Gasteiger charge is -2.31. The van der Waals surface area contributed by atoms with Gasteiger partial charge in [-0.15, -0.1) is 0 Å². The molecule has 2 heterocycles. The van der Waals surface area contributed by atoms with Crippen LogP contribution in [0.15, 0.2) is 18.6 Å². The van der Waals surface area contributed by atoms with Crippen molar-refractivity contribution in [1.29, 1.82) is 0 Å². The van der Waals surface area contributed by atoms with Crippen LogP contribution in [0.1, 0.15) is 32.6 Å². The molecule has 1 aliphatic rings. The highest BCUT2D eigenvalue weighted by molar-refractivity contribution is 5.81. The quantitative estimate of drug-likeness (QED) is 0.734. The fourth-order valence-corrected chi connectivity index (χ4v) is 2.34. The molecule has 7 nitrogen and oxygen atoms in total. The fourth-order valence-electron chi connectivity index (χ4n) is 2.34. The highest BCUT2D eigenvalue weighted by Crippen LogP contribution is 2.17. The number of hydrogen-bond donors (Lipinski definition) is 0. The Morgan fingerprint density at radius 3 is 2.68 bits per heavy atom. The molecule has 1 aromatic heterocycles. The van der Waals surface area contributed by atoms with Crippen LogP contribution >= 0.6 is 0 Å². The molecule has 120 valence electrons. The second-order valence-corrected chi connectivity index (χ2v) is 5.05. The van der Waals surface area contributed by atoms with Crippen molar-refractivity contribution in [2.24, 2.45) is 0 Å². The number of hydrogen-bond acceptors (Lipinski definition) is 6. The van der Waals surface area contributed by atoms with Gasteiger partial charge < -0.3 is 14.4 Å². The number of aromatic nitrogens is 2. The monoisotopic (exact) mass is 307 g/mol. The zero-order chi connectivity index (χ0) is 15.8. The van der Waals surface area contributed by atoms with E-state index in [-0.39, 0.29) is 30.8 Å². The number of ether oxygens (including phenoxy) is 2. The molecule has 0 N–H and O–H groups in total. The maximum atomic E-state index is 12.0. The summed E-state index contributed by atoms with van der Waals surface area (Å²) >= 11 is 0. The Morgan fingerprint density at radius 1 is 1.27 bits per heavy atom. The van der Waals surface area contributed by atoms with Gasteiger partial charge >= 0.3 is 5.97 Å². The van der Waals surface area contributed by atoms with Gasteiger partial charge in [0.15, 0.2) is 0 Å². The third kappa shape index (κ3) is 4.98. The molecule has 1 aliphatic heterocycles. The van der Waals surface area contributed by atoms with Crippen molar-refractivity contribution in [2.45, 2.75) is 38.7 Å². The number of amides is 1. The summed E-state index contributed by atoms with van der Waals surface area (Å²) in [7, 11) is 0. The Labute approximate surface area is 129 Å². The average Bonchev–Trinajstić information content (AvgIpc) is 2.54. The SMILES string of the molecule is CCOC(=O)CCC(=O)N1CCC(Oc2cnccn2)CC1. The van der Waals surface area contributed by atoms with E-state index in [0.29, 0.717) is 25.6 Å². The molecule has 0 bridgehead atoms. The minimum absolute atomic E-state index is 0.00833. The number of rotatable bonds is 6. The molecule has 0 unspecified atom stereocenters. The van der Waals surface area contributed by atoms with Crippen LogP contribution in [0.5, 0.6) is 5.88 Å². The summed E-state index contributed by atoms with van der Waals surface area (Å²) in [6.45, 7) is 3.36. The van der Waals surface area contributed by atoms with Crippen LogP contribution in [0.25, 0.3) is 0 Å². The van der Waals surface area contributed by atoms with Gasteiger partial charge in [0.1, 0.15) is 6.10 Å². The lowest BCUT2D eigenvalue weighted by atomic mass is 10.1. The summed E-state index contributed by atoms with van der Waals surface area (Å²) in [5, 5.41) is 0. The summed E-state index contributed by atoms with van der Waals surface area (Å²) in [6, 6.07) is 0. The van der Waals surface area contributed by atoms with Crippen LogP contribution in [0.2, 0.25) is 0 Å². The van der Waals surface area contributed by atoms with E-state index in [1.54, 1.807) is 30.4 Å². The van der Waals surface area contributed by atoms with Gasteiger partial charge in [0.05, 0.1) is 19.2 Å². The summed E-state index contributed by atoms with van der Waals surface area (Å²) in [5.74, 6) is 0.178. The Hall–Kier alpha value is -2.18. The number of carbonyl (C=O) groups excluding carboxylic acids is 2. The van der Waals surface area contributed by atoms with Crippen LogP contribution in [0.4, 0.5) is 0 Å². The topological polar surface area (TPSA) is 81.6 Å². The first-order valence-electron chi connectivity index (χ1n) is 7.55. The summed E-state index contributed by atoms with van der Waals surface area (Å²) < 4.78 is 10.5. The standard InChI is InChI=1S/C15H21N3O4/c1-2-21-15(20)4-3-14(19)18-9-5-12(6-10-18)22-13-11-16-7-8-17-13/h7-8,11-12H,2-6,9-10H2,1H3. The second-order valence-electron chi connectivity index (χ2n) is 5.05. The van der Waals surface area contributed by atoms with E-state index in [1.807, 2.05) is 0 Å². The third-order valence-electron chi connectivity index (χ3n) is 3.47. The lowest BCUT2D eigenvalue weighted by molar-refractivity contribution is -0.146. The second kappa shape index (κ2) is 8.31. The van der Waals surface area contributed by atoms with Gasteiger partial charge in [-0.05, 0) is 6.92 Å². The van der Waals surface area contributed by atoms with E-state index in [4.69, 9.17) is 9.47 Å². The van der Waals surface area contributed by atoms with Crippen molar-refractivity contribution in [3.8, 4) is 5.88 Å². The molecule has 1 saturated heterocycles. The molecule has 22 heavy (non-hydrogen) atoms. The predicted octanol–water partition coefficient (Wildman–Crippen LogP) is 1.19. The van der Waals surface area contributed by atoms with Crippen molar-refractivity contribution >= 4 is 11.9 Å². The van der Waals surface area contributed by atoms with Crippen molar-refractivity contribution in [2.75, 3.05) is 19.7 Å². The molecule has 0 saturated carbocycles. The van der Waals surface area contributed by atoms with E-state index < -0.39 is 0 Å². The Balaban J connectivity index is 1.70. The molecule has 1 aromatic rings. The van der Waals surface area contributed by atoms with Gasteiger partial charge in [-0.2, -0.15) is 0 Å². The molecule has 0 radical (unpaired) electrons. The minimum Gasteiger partial charge on any atom is -0.473 e. The molecule has 0 aromatic carbocycles. The highest BCUT2D eigenvalue weighted by atomic mass is 16.5. The fraction of sp³-hybridized carbons (Fsp3) is 0.600. The highest BCUT2D eigenvalue weighted by Gasteiger charge is 2.24.